The predicted octanol–water partition coefficient (Wildman–Crippen LogP) is 3.02. The SMILES string of the molecule is COc1ccccc1Oc1cnc(CNCC(C)C)cn1. The summed E-state index contributed by atoms with van der Waals surface area (Å²) in [6, 6.07) is 7.45. The summed E-state index contributed by atoms with van der Waals surface area (Å²) in [7, 11) is 1.61. The Bertz CT molecular complexity index is 556. The van der Waals surface area contributed by atoms with Crippen molar-refractivity contribution >= 4 is 0 Å². The Morgan fingerprint density at radius 2 is 1.86 bits per heavy atom. The van der Waals surface area contributed by atoms with Crippen LogP contribution < -0.4 is 14.8 Å². The van der Waals surface area contributed by atoms with Crippen LogP contribution in [0, 0.1) is 5.92 Å². The van der Waals surface area contributed by atoms with Crippen LogP contribution in [0.3, 0.4) is 0 Å². The first kappa shape index (κ1) is 15.3. The van der Waals surface area contributed by atoms with E-state index in [4.69, 9.17) is 9.47 Å². The Hall–Kier alpha value is -2.14. The van der Waals surface area contributed by atoms with E-state index in [1.54, 1.807) is 19.5 Å². The van der Waals surface area contributed by atoms with Gasteiger partial charge < -0.3 is 14.8 Å². The van der Waals surface area contributed by atoms with Crippen LogP contribution in [0.1, 0.15) is 19.5 Å². The number of methoxy groups -OCH3 is 1. The standard InChI is InChI=1S/C16H21N3O2/c1-12(2)8-17-9-13-10-19-16(11-18-13)21-15-7-5-4-6-14(15)20-3/h4-7,10-12,17H,8-9H2,1-3H3. The largest absolute Gasteiger partial charge is 0.493 e. The summed E-state index contributed by atoms with van der Waals surface area (Å²) in [4.78, 5) is 8.60. The first-order valence-corrected chi connectivity index (χ1v) is 7.01. The fraction of sp³-hybridized carbons (Fsp3) is 0.375. The Balaban J connectivity index is 1.96. The van der Waals surface area contributed by atoms with Crippen LogP contribution in [-0.2, 0) is 6.54 Å². The molecule has 21 heavy (non-hydrogen) atoms. The molecule has 0 aliphatic carbocycles. The molecule has 0 aliphatic heterocycles. The minimum absolute atomic E-state index is 0.451. The van der Waals surface area contributed by atoms with Gasteiger partial charge in [0.15, 0.2) is 11.5 Å². The lowest BCUT2D eigenvalue weighted by Crippen LogP contribution is -2.19. The van der Waals surface area contributed by atoms with Gasteiger partial charge in [0.25, 0.3) is 0 Å². The maximum atomic E-state index is 5.68. The highest BCUT2D eigenvalue weighted by atomic mass is 16.5. The number of nitrogens with zero attached hydrogens (tertiary/aromatic N) is 2. The zero-order chi connectivity index (χ0) is 15.1. The summed E-state index contributed by atoms with van der Waals surface area (Å²) in [5.74, 6) is 2.36. The van der Waals surface area contributed by atoms with Gasteiger partial charge in [-0.3, -0.25) is 4.98 Å². The zero-order valence-corrected chi connectivity index (χ0v) is 12.7. The van der Waals surface area contributed by atoms with E-state index in [9.17, 15) is 0 Å². The van der Waals surface area contributed by atoms with Crippen molar-refractivity contribution < 1.29 is 9.47 Å². The molecule has 0 saturated heterocycles. The van der Waals surface area contributed by atoms with Gasteiger partial charge in [-0.1, -0.05) is 26.0 Å². The van der Waals surface area contributed by atoms with E-state index < -0.39 is 0 Å². The lowest BCUT2D eigenvalue weighted by Gasteiger charge is -2.09. The van der Waals surface area contributed by atoms with E-state index in [0.29, 0.717) is 29.8 Å². The third-order valence-corrected chi connectivity index (χ3v) is 2.82. The van der Waals surface area contributed by atoms with Crippen LogP contribution in [0.2, 0.25) is 0 Å². The van der Waals surface area contributed by atoms with Gasteiger partial charge >= 0.3 is 0 Å². The molecule has 2 rings (SSSR count). The number of ether oxygens (including phenoxy) is 2. The van der Waals surface area contributed by atoms with Crippen molar-refractivity contribution in [3.8, 4) is 17.4 Å². The fourth-order valence-electron chi connectivity index (χ4n) is 1.79. The average Bonchev–Trinajstić information content (AvgIpc) is 2.49. The Labute approximate surface area is 125 Å². The summed E-state index contributed by atoms with van der Waals surface area (Å²) in [5.41, 5.74) is 0.892. The molecule has 1 heterocycles. The molecule has 112 valence electrons. The van der Waals surface area contributed by atoms with E-state index >= 15 is 0 Å². The quantitative estimate of drug-likeness (QED) is 0.848. The molecule has 0 radical (unpaired) electrons. The van der Waals surface area contributed by atoms with Gasteiger partial charge in [-0.2, -0.15) is 0 Å². The topological polar surface area (TPSA) is 56.3 Å². The van der Waals surface area contributed by atoms with E-state index in [2.05, 4.69) is 29.1 Å². The highest BCUT2D eigenvalue weighted by Crippen LogP contribution is 2.29. The molecule has 0 saturated carbocycles. The second-order valence-electron chi connectivity index (χ2n) is 5.12. The van der Waals surface area contributed by atoms with Crippen LogP contribution in [0.15, 0.2) is 36.7 Å². The lowest BCUT2D eigenvalue weighted by molar-refractivity contribution is 0.373. The molecule has 5 heteroatoms. The minimum Gasteiger partial charge on any atom is -0.493 e. The van der Waals surface area contributed by atoms with Gasteiger partial charge in [-0.15, -0.1) is 0 Å². The fourth-order valence-corrected chi connectivity index (χ4v) is 1.79. The summed E-state index contributed by atoms with van der Waals surface area (Å²) >= 11 is 0. The predicted molar refractivity (Wildman–Crippen MR) is 81.6 cm³/mol. The molecule has 2 aromatic rings. The molecule has 0 amide bonds. The van der Waals surface area contributed by atoms with Crippen molar-refractivity contribution in [3.05, 3.63) is 42.4 Å². The summed E-state index contributed by atoms with van der Waals surface area (Å²) in [5, 5.41) is 3.33. The normalized spacial score (nSPS) is 10.7. The van der Waals surface area contributed by atoms with Gasteiger partial charge in [0.1, 0.15) is 0 Å². The van der Waals surface area contributed by atoms with Crippen LogP contribution in [0.25, 0.3) is 0 Å². The Morgan fingerprint density at radius 1 is 1.10 bits per heavy atom. The average molecular weight is 287 g/mol. The highest BCUT2D eigenvalue weighted by Gasteiger charge is 2.06. The molecule has 0 unspecified atom stereocenters. The minimum atomic E-state index is 0.451. The number of nitrogens with one attached hydrogen (secondary N) is 1. The van der Waals surface area contributed by atoms with Gasteiger partial charge in [0.2, 0.25) is 5.88 Å². The number of benzene rings is 1. The van der Waals surface area contributed by atoms with Crippen LogP contribution in [-0.4, -0.2) is 23.6 Å². The van der Waals surface area contributed by atoms with Crippen molar-refractivity contribution in [2.24, 2.45) is 5.92 Å². The molecule has 1 N–H and O–H groups in total. The van der Waals surface area contributed by atoms with E-state index in [-0.39, 0.29) is 0 Å². The van der Waals surface area contributed by atoms with Crippen molar-refractivity contribution in [2.75, 3.05) is 13.7 Å². The maximum absolute atomic E-state index is 5.68. The van der Waals surface area contributed by atoms with Crippen molar-refractivity contribution in [2.45, 2.75) is 20.4 Å². The molecular weight excluding hydrogens is 266 g/mol. The van der Waals surface area contributed by atoms with E-state index in [1.165, 1.54) is 0 Å². The molecule has 5 nitrogen and oxygen atoms in total. The second kappa shape index (κ2) is 7.59. The molecule has 0 atom stereocenters. The number of hydrogen-bond acceptors (Lipinski definition) is 5. The monoisotopic (exact) mass is 287 g/mol. The molecule has 0 fully saturated rings. The van der Waals surface area contributed by atoms with Gasteiger partial charge in [0, 0.05) is 6.54 Å². The third-order valence-electron chi connectivity index (χ3n) is 2.82. The van der Waals surface area contributed by atoms with Crippen molar-refractivity contribution in [3.63, 3.8) is 0 Å². The summed E-state index contributed by atoms with van der Waals surface area (Å²) in [6.07, 6.45) is 3.34. The Kier molecular flexibility index (Phi) is 5.51. The molecular formula is C16H21N3O2. The van der Waals surface area contributed by atoms with E-state index in [1.807, 2.05) is 24.3 Å². The number of rotatable bonds is 7. The molecule has 1 aromatic carbocycles. The van der Waals surface area contributed by atoms with Crippen LogP contribution in [0.4, 0.5) is 0 Å². The van der Waals surface area contributed by atoms with Crippen molar-refractivity contribution in [1.29, 1.82) is 0 Å². The molecule has 0 spiro atoms. The summed E-state index contributed by atoms with van der Waals surface area (Å²) in [6.45, 7) is 6.01. The highest BCUT2D eigenvalue weighted by molar-refractivity contribution is 5.41. The van der Waals surface area contributed by atoms with Gasteiger partial charge in [-0.05, 0) is 24.6 Å². The zero-order valence-electron chi connectivity index (χ0n) is 12.7. The first-order chi connectivity index (χ1) is 10.2. The van der Waals surface area contributed by atoms with Crippen LogP contribution in [0.5, 0.6) is 17.4 Å². The van der Waals surface area contributed by atoms with Crippen molar-refractivity contribution in [1.82, 2.24) is 15.3 Å². The number of para-hydroxylation sites is 2. The van der Waals surface area contributed by atoms with Gasteiger partial charge in [-0.25, -0.2) is 4.98 Å². The third kappa shape index (κ3) is 4.72. The summed E-state index contributed by atoms with van der Waals surface area (Å²) < 4.78 is 10.9. The van der Waals surface area contributed by atoms with Crippen LogP contribution >= 0.6 is 0 Å². The first-order valence-electron chi connectivity index (χ1n) is 7.01. The smallest absolute Gasteiger partial charge is 0.238 e. The second-order valence-corrected chi connectivity index (χ2v) is 5.12. The van der Waals surface area contributed by atoms with Gasteiger partial charge in [0.05, 0.1) is 25.2 Å². The van der Waals surface area contributed by atoms with E-state index in [0.717, 1.165) is 12.2 Å². The number of hydrogen-bond donors (Lipinski definition) is 1. The molecule has 0 aliphatic rings. The maximum Gasteiger partial charge on any atom is 0.238 e. The molecule has 1 aromatic heterocycles. The number of aromatic nitrogens is 2. The Morgan fingerprint density at radius 3 is 2.48 bits per heavy atom. The lowest BCUT2D eigenvalue weighted by atomic mass is 10.2. The molecule has 0 bridgehead atoms.